The smallest absolute Gasteiger partial charge is 0.417 e. The van der Waals surface area contributed by atoms with Crippen LogP contribution in [-0.4, -0.2) is 47.0 Å². The molecule has 0 saturated heterocycles. The molecule has 204 valence electrons. The predicted molar refractivity (Wildman–Crippen MR) is 138 cm³/mol. The van der Waals surface area contributed by atoms with Crippen LogP contribution in [0, 0.1) is 6.92 Å². The van der Waals surface area contributed by atoms with Crippen LogP contribution < -0.4 is 13.8 Å². The number of alkyl halides is 3. The number of aryl methyl sites for hydroxylation is 1. The highest BCUT2D eigenvalue weighted by atomic mass is 35.5. The zero-order valence-electron chi connectivity index (χ0n) is 21.0. The molecule has 3 rings (SSSR count). The van der Waals surface area contributed by atoms with Gasteiger partial charge in [0.25, 0.3) is 10.0 Å². The Morgan fingerprint density at radius 3 is 2.16 bits per heavy atom. The number of hydrogen-bond acceptors (Lipinski definition) is 5. The molecule has 0 heterocycles. The molecule has 0 N–H and O–H groups in total. The molecule has 0 aliphatic carbocycles. The van der Waals surface area contributed by atoms with Crippen molar-refractivity contribution in [1.29, 1.82) is 0 Å². The van der Waals surface area contributed by atoms with E-state index in [1.165, 1.54) is 38.3 Å². The molecule has 7 nitrogen and oxygen atoms in total. The summed E-state index contributed by atoms with van der Waals surface area (Å²) in [6.07, 6.45) is -4.83. The van der Waals surface area contributed by atoms with E-state index in [1.54, 1.807) is 37.3 Å². The maximum atomic E-state index is 13.6. The lowest BCUT2D eigenvalue weighted by Crippen LogP contribution is -2.41. The van der Waals surface area contributed by atoms with Gasteiger partial charge in [0, 0.05) is 13.6 Å². The molecule has 0 saturated carbocycles. The minimum atomic E-state index is -4.83. The third-order valence-electron chi connectivity index (χ3n) is 5.72. The van der Waals surface area contributed by atoms with Crippen molar-refractivity contribution >= 4 is 33.2 Å². The van der Waals surface area contributed by atoms with Crippen LogP contribution in [-0.2, 0) is 27.5 Å². The first kappa shape index (κ1) is 29.1. The molecular weight excluding hydrogens is 545 g/mol. The monoisotopic (exact) mass is 570 g/mol. The molecule has 1 amide bonds. The van der Waals surface area contributed by atoms with E-state index in [2.05, 4.69) is 0 Å². The Morgan fingerprint density at radius 1 is 0.947 bits per heavy atom. The van der Waals surface area contributed by atoms with Crippen molar-refractivity contribution in [3.05, 3.63) is 82.4 Å². The third kappa shape index (κ3) is 6.51. The Balaban J connectivity index is 1.99. The highest BCUT2D eigenvalue weighted by molar-refractivity contribution is 7.92. The average molecular weight is 571 g/mol. The van der Waals surface area contributed by atoms with Crippen molar-refractivity contribution in [1.82, 2.24) is 4.90 Å². The number of methoxy groups -OCH3 is 2. The number of rotatable bonds is 9. The van der Waals surface area contributed by atoms with Gasteiger partial charge in [-0.1, -0.05) is 35.4 Å². The highest BCUT2D eigenvalue weighted by Crippen LogP contribution is 2.38. The zero-order chi connectivity index (χ0) is 28.3. The van der Waals surface area contributed by atoms with Crippen LogP contribution in [0.2, 0.25) is 5.02 Å². The molecule has 3 aromatic carbocycles. The molecule has 0 aromatic heterocycles. The van der Waals surface area contributed by atoms with E-state index in [1.807, 2.05) is 0 Å². The van der Waals surface area contributed by atoms with Gasteiger partial charge in [0.15, 0.2) is 11.5 Å². The number of amides is 1. The molecule has 0 aliphatic rings. The number of carbonyl (C=O) groups is 1. The van der Waals surface area contributed by atoms with Crippen LogP contribution in [0.1, 0.15) is 16.7 Å². The molecule has 0 bridgehead atoms. The number of anilines is 1. The van der Waals surface area contributed by atoms with Crippen molar-refractivity contribution in [2.75, 3.05) is 32.1 Å². The third-order valence-corrected chi connectivity index (χ3v) is 7.84. The first-order chi connectivity index (χ1) is 17.8. The maximum Gasteiger partial charge on any atom is 0.417 e. The molecule has 0 radical (unpaired) electrons. The van der Waals surface area contributed by atoms with Gasteiger partial charge < -0.3 is 14.4 Å². The second-order valence-corrected chi connectivity index (χ2v) is 10.7. The standard InChI is InChI=1S/C26H26ClF3N2O5S/c1-17-5-9-20(10-6-17)38(34,35)32(19-8-11-22(27)21(14-19)26(28,29)30)16-25(33)31(2)15-18-7-12-23(36-3)24(13-18)37-4/h5-14H,15-16H2,1-4H3. The summed E-state index contributed by atoms with van der Waals surface area (Å²) in [6.45, 7) is 1.08. The summed E-state index contributed by atoms with van der Waals surface area (Å²) in [5.74, 6) is 0.276. The SMILES string of the molecule is COc1ccc(CN(C)C(=O)CN(c2ccc(Cl)c(C(F)(F)F)c2)S(=O)(=O)c2ccc(C)cc2)cc1OC. The fourth-order valence-corrected chi connectivity index (χ4v) is 5.25. The van der Waals surface area contributed by atoms with Gasteiger partial charge in [-0.05, 0) is 55.0 Å². The van der Waals surface area contributed by atoms with Gasteiger partial charge in [-0.2, -0.15) is 13.2 Å². The Bertz CT molecular complexity index is 1410. The first-order valence-electron chi connectivity index (χ1n) is 11.2. The second kappa shape index (κ2) is 11.5. The molecule has 0 spiro atoms. The van der Waals surface area contributed by atoms with E-state index in [0.29, 0.717) is 27.4 Å². The van der Waals surface area contributed by atoms with Gasteiger partial charge in [-0.25, -0.2) is 8.42 Å². The van der Waals surface area contributed by atoms with E-state index in [9.17, 15) is 26.4 Å². The molecule has 38 heavy (non-hydrogen) atoms. The van der Waals surface area contributed by atoms with Gasteiger partial charge in [0.2, 0.25) is 5.91 Å². The highest BCUT2D eigenvalue weighted by Gasteiger charge is 2.36. The van der Waals surface area contributed by atoms with Gasteiger partial charge in [-0.3, -0.25) is 9.10 Å². The molecule has 12 heteroatoms. The van der Waals surface area contributed by atoms with Gasteiger partial charge >= 0.3 is 6.18 Å². The molecular formula is C26H26ClF3N2O5S. The van der Waals surface area contributed by atoms with E-state index in [0.717, 1.165) is 17.7 Å². The fourth-order valence-electron chi connectivity index (χ4n) is 3.62. The van der Waals surface area contributed by atoms with E-state index in [4.69, 9.17) is 21.1 Å². The number of sulfonamides is 1. The van der Waals surface area contributed by atoms with E-state index in [-0.39, 0.29) is 17.1 Å². The van der Waals surface area contributed by atoms with Crippen LogP contribution in [0.15, 0.2) is 65.6 Å². The summed E-state index contributed by atoms with van der Waals surface area (Å²) < 4.78 is 78.9. The summed E-state index contributed by atoms with van der Waals surface area (Å²) in [4.78, 5) is 14.3. The summed E-state index contributed by atoms with van der Waals surface area (Å²) in [6, 6.07) is 13.5. The number of benzene rings is 3. The second-order valence-electron chi connectivity index (χ2n) is 8.43. The van der Waals surface area contributed by atoms with Crippen LogP contribution >= 0.6 is 11.6 Å². The Labute approximate surface area is 224 Å². The number of likely N-dealkylation sites (N-methyl/N-ethyl adjacent to an activating group) is 1. The summed E-state index contributed by atoms with van der Waals surface area (Å²) >= 11 is 5.74. The maximum absolute atomic E-state index is 13.6. The molecule has 0 atom stereocenters. The summed E-state index contributed by atoms with van der Waals surface area (Å²) in [7, 11) is -0.0239. The fraction of sp³-hybridized carbons (Fsp3) is 0.269. The topological polar surface area (TPSA) is 76.2 Å². The number of ether oxygens (including phenoxy) is 2. The minimum Gasteiger partial charge on any atom is -0.493 e. The van der Waals surface area contributed by atoms with Crippen molar-refractivity contribution in [3.8, 4) is 11.5 Å². The molecule has 0 aliphatic heterocycles. The van der Waals surface area contributed by atoms with E-state index >= 15 is 0 Å². The normalized spacial score (nSPS) is 11.7. The van der Waals surface area contributed by atoms with Crippen molar-refractivity contribution in [3.63, 3.8) is 0 Å². The minimum absolute atomic E-state index is 0.0754. The van der Waals surface area contributed by atoms with Gasteiger partial charge in [0.1, 0.15) is 6.54 Å². The quantitative estimate of drug-likeness (QED) is 0.338. The summed E-state index contributed by atoms with van der Waals surface area (Å²) in [5.41, 5.74) is -0.119. The largest absolute Gasteiger partial charge is 0.493 e. The number of nitrogens with zero attached hydrogens (tertiary/aromatic N) is 2. The molecule has 0 fully saturated rings. The van der Waals surface area contributed by atoms with Crippen LogP contribution in [0.5, 0.6) is 11.5 Å². The van der Waals surface area contributed by atoms with Crippen molar-refractivity contribution in [2.24, 2.45) is 0 Å². The Morgan fingerprint density at radius 2 is 1.58 bits per heavy atom. The van der Waals surface area contributed by atoms with Crippen LogP contribution in [0.3, 0.4) is 0 Å². The van der Waals surface area contributed by atoms with Crippen LogP contribution in [0.25, 0.3) is 0 Å². The average Bonchev–Trinajstić information content (AvgIpc) is 2.86. The number of hydrogen-bond donors (Lipinski definition) is 0. The lowest BCUT2D eigenvalue weighted by molar-refractivity contribution is -0.137. The lowest BCUT2D eigenvalue weighted by atomic mass is 10.2. The number of carbonyl (C=O) groups excluding carboxylic acids is 1. The number of halogens is 4. The van der Waals surface area contributed by atoms with Crippen molar-refractivity contribution in [2.45, 2.75) is 24.5 Å². The van der Waals surface area contributed by atoms with Crippen molar-refractivity contribution < 1.29 is 35.9 Å². The lowest BCUT2D eigenvalue weighted by Gasteiger charge is -2.27. The van der Waals surface area contributed by atoms with Crippen LogP contribution in [0.4, 0.5) is 18.9 Å². The molecule has 0 unspecified atom stereocenters. The zero-order valence-corrected chi connectivity index (χ0v) is 22.6. The van der Waals surface area contributed by atoms with Gasteiger partial charge in [0.05, 0.1) is 35.4 Å². The van der Waals surface area contributed by atoms with Gasteiger partial charge in [-0.15, -0.1) is 0 Å². The van der Waals surface area contributed by atoms with E-state index < -0.39 is 39.2 Å². The summed E-state index contributed by atoms with van der Waals surface area (Å²) in [5, 5.41) is -0.592. The first-order valence-corrected chi connectivity index (χ1v) is 13.0. The Hall–Kier alpha value is -3.44. The predicted octanol–water partition coefficient (Wildman–Crippen LogP) is 5.54. The Kier molecular flexibility index (Phi) is 8.83. The molecule has 3 aromatic rings.